The van der Waals surface area contributed by atoms with Gasteiger partial charge in [0.1, 0.15) is 5.60 Å². The fourth-order valence-corrected chi connectivity index (χ4v) is 2.87. The van der Waals surface area contributed by atoms with Gasteiger partial charge < -0.3 is 19.3 Å². The summed E-state index contributed by atoms with van der Waals surface area (Å²) in [6.07, 6.45) is -4.41. The number of halogens is 3. The van der Waals surface area contributed by atoms with Crippen molar-refractivity contribution < 1.29 is 37.0 Å². The topological polar surface area (TPSA) is 76.2 Å². The van der Waals surface area contributed by atoms with Crippen molar-refractivity contribution in [2.45, 2.75) is 57.9 Å². The number of piperidine rings is 1. The van der Waals surface area contributed by atoms with Crippen molar-refractivity contribution in [3.8, 4) is 0 Å². The first-order chi connectivity index (χ1) is 12.7. The number of ether oxygens (including phenoxy) is 2. The Hall–Kier alpha value is -1.68. The molecule has 1 heterocycles. The third-order valence-electron chi connectivity index (χ3n) is 4.37. The Morgan fingerprint density at radius 1 is 1.11 bits per heavy atom. The number of carbonyl (C=O) groups is 3. The van der Waals surface area contributed by atoms with E-state index < -0.39 is 29.6 Å². The highest BCUT2D eigenvalue weighted by atomic mass is 19.4. The molecule has 1 rings (SSSR count). The van der Waals surface area contributed by atoms with Crippen LogP contribution in [-0.4, -0.2) is 79.3 Å². The molecule has 0 aromatic carbocycles. The zero-order chi connectivity index (χ0) is 21.7. The Bertz CT molecular complexity index is 565. The molecule has 0 unspecified atom stereocenters. The molecular weight excluding hydrogens is 381 g/mol. The quantitative estimate of drug-likeness (QED) is 0.490. The van der Waals surface area contributed by atoms with Crippen LogP contribution in [0.4, 0.5) is 13.2 Å². The monoisotopic (exact) mass is 410 g/mol. The lowest BCUT2D eigenvalue weighted by molar-refractivity contribution is -0.203. The summed E-state index contributed by atoms with van der Waals surface area (Å²) in [5.41, 5.74) is -0.569. The molecule has 0 aromatic heterocycles. The maximum absolute atomic E-state index is 12.2. The van der Waals surface area contributed by atoms with Crippen LogP contribution in [0, 0.1) is 5.92 Å². The van der Waals surface area contributed by atoms with Crippen LogP contribution in [0.3, 0.4) is 0 Å². The predicted octanol–water partition coefficient (Wildman–Crippen LogP) is 1.99. The van der Waals surface area contributed by atoms with Crippen molar-refractivity contribution in [2.75, 3.05) is 33.7 Å². The van der Waals surface area contributed by atoms with E-state index in [-0.39, 0.29) is 31.3 Å². The third-order valence-corrected chi connectivity index (χ3v) is 4.37. The molecule has 1 aliphatic heterocycles. The summed E-state index contributed by atoms with van der Waals surface area (Å²) in [5.74, 6) is -4.67. The van der Waals surface area contributed by atoms with Gasteiger partial charge in [-0.25, -0.2) is 4.79 Å². The van der Waals surface area contributed by atoms with Crippen molar-refractivity contribution >= 4 is 17.9 Å². The first-order valence-corrected chi connectivity index (χ1v) is 9.12. The number of rotatable bonds is 6. The number of hydrogen-bond donors (Lipinski definition) is 0. The van der Waals surface area contributed by atoms with E-state index in [0.717, 1.165) is 0 Å². The summed E-state index contributed by atoms with van der Waals surface area (Å²) < 4.78 is 45.8. The van der Waals surface area contributed by atoms with E-state index >= 15 is 0 Å². The Labute approximate surface area is 163 Å². The summed E-state index contributed by atoms with van der Waals surface area (Å²) in [7, 11) is 3.70. The number of esters is 3. The minimum absolute atomic E-state index is 0.106. The van der Waals surface area contributed by atoms with Gasteiger partial charge >= 0.3 is 24.1 Å². The molecule has 1 atom stereocenters. The Morgan fingerprint density at radius 2 is 1.64 bits per heavy atom. The van der Waals surface area contributed by atoms with Gasteiger partial charge in [0.25, 0.3) is 0 Å². The number of likely N-dealkylation sites (N-methyl/N-ethyl adjacent to an activating group) is 1. The molecule has 0 aliphatic carbocycles. The van der Waals surface area contributed by atoms with Crippen LogP contribution in [-0.2, 0) is 23.9 Å². The van der Waals surface area contributed by atoms with Gasteiger partial charge in [0.05, 0.1) is 12.3 Å². The van der Waals surface area contributed by atoms with Crippen LogP contribution in [0.25, 0.3) is 0 Å². The summed E-state index contributed by atoms with van der Waals surface area (Å²) >= 11 is 0. The largest absolute Gasteiger partial charge is 0.491 e. The van der Waals surface area contributed by atoms with Gasteiger partial charge in [0.15, 0.2) is 0 Å². The van der Waals surface area contributed by atoms with Crippen molar-refractivity contribution in [1.82, 2.24) is 9.80 Å². The highest BCUT2D eigenvalue weighted by molar-refractivity contribution is 5.89. The SMILES string of the molecule is CN(C)[C@@H](CC(=O)OC(C)(C)C)CN1CCC(C(=O)OC(=O)C(F)(F)F)CC1. The lowest BCUT2D eigenvalue weighted by Crippen LogP contribution is -2.46. The van der Waals surface area contributed by atoms with Crippen molar-refractivity contribution in [3.63, 3.8) is 0 Å². The molecule has 28 heavy (non-hydrogen) atoms. The van der Waals surface area contributed by atoms with Crippen molar-refractivity contribution in [2.24, 2.45) is 5.92 Å². The van der Waals surface area contributed by atoms with Crippen LogP contribution in [0.2, 0.25) is 0 Å². The fourth-order valence-electron chi connectivity index (χ4n) is 2.87. The second kappa shape index (κ2) is 9.69. The van der Waals surface area contributed by atoms with Gasteiger partial charge in [-0.3, -0.25) is 9.59 Å². The van der Waals surface area contributed by atoms with Gasteiger partial charge in [-0.2, -0.15) is 13.2 Å². The van der Waals surface area contributed by atoms with Gasteiger partial charge in [-0.15, -0.1) is 0 Å². The minimum atomic E-state index is -5.18. The zero-order valence-electron chi connectivity index (χ0n) is 17.0. The molecule has 10 heteroatoms. The van der Waals surface area contributed by atoms with E-state index in [1.54, 1.807) is 20.8 Å². The summed E-state index contributed by atoms with van der Waals surface area (Å²) in [6, 6.07) is -0.106. The maximum Gasteiger partial charge on any atom is 0.491 e. The molecule has 1 saturated heterocycles. The second-order valence-corrected chi connectivity index (χ2v) is 8.19. The number of alkyl halides is 3. The Balaban J connectivity index is 2.51. The van der Waals surface area contributed by atoms with E-state index in [4.69, 9.17) is 4.74 Å². The van der Waals surface area contributed by atoms with E-state index in [1.807, 2.05) is 23.9 Å². The first-order valence-electron chi connectivity index (χ1n) is 9.12. The molecular formula is C18H29F3N2O5. The van der Waals surface area contributed by atoms with Crippen LogP contribution >= 0.6 is 0 Å². The van der Waals surface area contributed by atoms with Crippen LogP contribution in [0.1, 0.15) is 40.0 Å². The van der Waals surface area contributed by atoms with Crippen LogP contribution in [0.5, 0.6) is 0 Å². The fraction of sp³-hybridized carbons (Fsp3) is 0.833. The first kappa shape index (κ1) is 24.4. The Kier molecular flexibility index (Phi) is 8.43. The lowest BCUT2D eigenvalue weighted by atomic mass is 9.96. The third kappa shape index (κ3) is 8.55. The number of likely N-dealkylation sites (tertiary alicyclic amines) is 1. The molecule has 162 valence electrons. The standard InChI is InChI=1S/C18H29F3N2O5/c1-17(2,3)28-14(24)10-13(22(4)5)11-23-8-6-12(7-9-23)15(25)27-16(26)18(19,20)21/h12-13H,6-11H2,1-5H3/t13-/m0/s1. The summed E-state index contributed by atoms with van der Waals surface area (Å²) in [6.45, 7) is 6.85. The highest BCUT2D eigenvalue weighted by Gasteiger charge is 2.43. The molecule has 0 spiro atoms. The van der Waals surface area contributed by atoms with E-state index in [2.05, 4.69) is 4.74 Å². The summed E-state index contributed by atoms with van der Waals surface area (Å²) in [5, 5.41) is 0. The highest BCUT2D eigenvalue weighted by Crippen LogP contribution is 2.23. The number of nitrogens with zero attached hydrogens (tertiary/aromatic N) is 2. The molecule has 0 bridgehead atoms. The normalized spacial score (nSPS) is 18.0. The molecule has 7 nitrogen and oxygen atoms in total. The van der Waals surface area contributed by atoms with Gasteiger partial charge in [0.2, 0.25) is 0 Å². The lowest BCUT2D eigenvalue weighted by Gasteiger charge is -2.35. The second-order valence-electron chi connectivity index (χ2n) is 8.19. The van der Waals surface area contributed by atoms with E-state index in [1.165, 1.54) is 0 Å². The minimum Gasteiger partial charge on any atom is -0.460 e. The molecule has 0 saturated carbocycles. The molecule has 0 N–H and O–H groups in total. The maximum atomic E-state index is 12.2. The van der Waals surface area contributed by atoms with Crippen molar-refractivity contribution in [3.05, 3.63) is 0 Å². The van der Waals surface area contributed by atoms with Gasteiger partial charge in [0, 0.05) is 12.6 Å². The average molecular weight is 410 g/mol. The van der Waals surface area contributed by atoms with Gasteiger partial charge in [-0.05, 0) is 60.8 Å². The number of hydrogen-bond acceptors (Lipinski definition) is 7. The van der Waals surface area contributed by atoms with Crippen molar-refractivity contribution in [1.29, 1.82) is 0 Å². The molecule has 0 radical (unpaired) electrons. The average Bonchev–Trinajstić information content (AvgIpc) is 2.52. The number of carbonyl (C=O) groups excluding carboxylic acids is 3. The molecule has 1 aliphatic rings. The molecule has 0 aromatic rings. The van der Waals surface area contributed by atoms with E-state index in [0.29, 0.717) is 19.6 Å². The zero-order valence-corrected chi connectivity index (χ0v) is 17.0. The molecule has 0 amide bonds. The Morgan fingerprint density at radius 3 is 2.07 bits per heavy atom. The smallest absolute Gasteiger partial charge is 0.460 e. The van der Waals surface area contributed by atoms with E-state index in [9.17, 15) is 27.6 Å². The summed E-state index contributed by atoms with van der Waals surface area (Å²) in [4.78, 5) is 38.5. The van der Waals surface area contributed by atoms with Gasteiger partial charge in [-0.1, -0.05) is 0 Å². The molecule has 1 fully saturated rings. The van der Waals surface area contributed by atoms with Crippen LogP contribution < -0.4 is 0 Å². The van der Waals surface area contributed by atoms with Crippen LogP contribution in [0.15, 0.2) is 0 Å². The predicted molar refractivity (Wildman–Crippen MR) is 94.3 cm³/mol.